The normalized spacial score (nSPS) is 20.7. The predicted molar refractivity (Wildman–Crippen MR) is 181 cm³/mol. The van der Waals surface area contributed by atoms with Crippen LogP contribution in [0.4, 0.5) is 4.79 Å². The van der Waals surface area contributed by atoms with Crippen LogP contribution in [0.5, 0.6) is 0 Å². The molecule has 0 spiro atoms. The highest BCUT2D eigenvalue weighted by Crippen LogP contribution is 2.33. The summed E-state index contributed by atoms with van der Waals surface area (Å²) in [6, 6.07) is -0.303. The van der Waals surface area contributed by atoms with Crippen molar-refractivity contribution in [1.29, 1.82) is 0 Å². The molecule has 5 atom stereocenters. The Morgan fingerprint density at radius 3 is 2.23 bits per heavy atom. The Balaban J connectivity index is 1.40. The van der Waals surface area contributed by atoms with Gasteiger partial charge in [-0.15, -0.1) is 0 Å². The summed E-state index contributed by atoms with van der Waals surface area (Å²) >= 11 is 1.90. The van der Waals surface area contributed by atoms with Gasteiger partial charge in [0, 0.05) is 30.4 Å². The number of aliphatic hydroxyl groups excluding tert-OH is 2. The Morgan fingerprint density at radius 1 is 0.886 bits per heavy atom. The number of amides is 4. The molecule has 2 fully saturated rings. The van der Waals surface area contributed by atoms with Crippen LogP contribution in [0.25, 0.3) is 0 Å². The topological polar surface area (TPSA) is 140 Å². The number of aliphatic hydroxyl groups is 2. The molecule has 0 radical (unpaired) electrons. The van der Waals surface area contributed by atoms with Gasteiger partial charge in [0.15, 0.2) is 0 Å². The summed E-state index contributed by atoms with van der Waals surface area (Å²) in [5, 5.41) is 32.1. The third kappa shape index (κ3) is 17.1. The van der Waals surface area contributed by atoms with E-state index in [4.69, 9.17) is 0 Å². The number of thioether (sulfide) groups is 1. The highest BCUT2D eigenvalue weighted by atomic mass is 32.2. The summed E-state index contributed by atoms with van der Waals surface area (Å²) in [5.74, 6) is 0.842. The zero-order valence-electron chi connectivity index (χ0n) is 27.3. The number of hydrogen-bond donors (Lipinski definition) is 6. The second-order valence-electron chi connectivity index (χ2n) is 12.6. The number of carbonyl (C=O) groups excluding carboxylic acids is 3. The van der Waals surface area contributed by atoms with Crippen LogP contribution < -0.4 is 21.3 Å². The minimum Gasteiger partial charge on any atom is -0.394 e. The monoisotopic (exact) mass is 638 g/mol. The van der Waals surface area contributed by atoms with Gasteiger partial charge in [0.2, 0.25) is 11.8 Å². The smallest absolute Gasteiger partial charge is 0.315 e. The summed E-state index contributed by atoms with van der Waals surface area (Å²) in [6.45, 7) is 2.54. The van der Waals surface area contributed by atoms with Crippen LogP contribution in [0.3, 0.4) is 0 Å². The molecule has 2 heterocycles. The molecular formula is C34H62N4O5S. The van der Waals surface area contributed by atoms with E-state index in [2.05, 4.69) is 28.2 Å². The molecular weight excluding hydrogens is 576 g/mol. The van der Waals surface area contributed by atoms with E-state index < -0.39 is 12.1 Å². The third-order valence-corrected chi connectivity index (χ3v) is 10.3. The average molecular weight is 639 g/mol. The van der Waals surface area contributed by atoms with Crippen LogP contribution in [-0.2, 0) is 9.59 Å². The fraction of sp³-hybridized carbons (Fsp3) is 0.853. The van der Waals surface area contributed by atoms with Crippen LogP contribution in [-0.4, -0.2) is 76.4 Å². The lowest BCUT2D eigenvalue weighted by molar-refractivity contribution is -0.123. The van der Waals surface area contributed by atoms with Gasteiger partial charge in [0.05, 0.1) is 30.8 Å². The van der Waals surface area contributed by atoms with Crippen LogP contribution in [0, 0.1) is 0 Å². The van der Waals surface area contributed by atoms with Crippen molar-refractivity contribution in [2.24, 2.45) is 0 Å². The molecule has 2 aliphatic heterocycles. The van der Waals surface area contributed by atoms with Crippen molar-refractivity contribution < 1.29 is 24.6 Å². The second-order valence-corrected chi connectivity index (χ2v) is 13.9. The minimum absolute atomic E-state index is 0.0619. The molecule has 2 rings (SSSR count). The number of carbonyl (C=O) groups is 3. The molecule has 0 aromatic heterocycles. The number of fused-ring (bicyclic) bond motifs is 1. The SMILES string of the molecule is CCCCCCCCCCCCCC=C[C@@H](O)[C@H](CO)NC(=O)CCCCCNC(=O)CCCC[C@@H]1SC[C@@H]2NC(=O)N[C@@H]21. The van der Waals surface area contributed by atoms with E-state index in [9.17, 15) is 24.6 Å². The summed E-state index contributed by atoms with van der Waals surface area (Å²) in [6.07, 6.45) is 24.0. The summed E-state index contributed by atoms with van der Waals surface area (Å²) < 4.78 is 0. The van der Waals surface area contributed by atoms with Gasteiger partial charge in [0.25, 0.3) is 0 Å². The Hall–Kier alpha value is -1.78. The maximum absolute atomic E-state index is 12.3. The van der Waals surface area contributed by atoms with E-state index in [0.29, 0.717) is 31.1 Å². The van der Waals surface area contributed by atoms with Crippen molar-refractivity contribution in [2.45, 2.75) is 165 Å². The third-order valence-electron chi connectivity index (χ3n) is 8.75. The van der Waals surface area contributed by atoms with Crippen molar-refractivity contribution in [2.75, 3.05) is 18.9 Å². The lowest BCUT2D eigenvalue weighted by Crippen LogP contribution is -2.45. The summed E-state index contributed by atoms with van der Waals surface area (Å²) in [4.78, 5) is 35.9. The van der Waals surface area contributed by atoms with Gasteiger partial charge < -0.3 is 31.5 Å². The zero-order valence-corrected chi connectivity index (χ0v) is 28.1. The van der Waals surface area contributed by atoms with Gasteiger partial charge in [0.1, 0.15) is 0 Å². The Labute approximate surface area is 270 Å². The Kier molecular flexibility index (Phi) is 21.3. The molecule has 4 amide bonds. The van der Waals surface area contributed by atoms with Gasteiger partial charge in [-0.3, -0.25) is 9.59 Å². The molecule has 44 heavy (non-hydrogen) atoms. The molecule has 0 aromatic carbocycles. The number of hydrogen-bond acceptors (Lipinski definition) is 6. The lowest BCUT2D eigenvalue weighted by Gasteiger charge is -2.20. The molecule has 2 saturated heterocycles. The van der Waals surface area contributed by atoms with Gasteiger partial charge in [-0.1, -0.05) is 96.1 Å². The molecule has 254 valence electrons. The number of unbranched alkanes of at least 4 members (excludes halogenated alkanes) is 14. The number of urea groups is 1. The second kappa shape index (κ2) is 24.5. The standard InChI is InChI=1S/C34H62N4O5S/c1-2-3-4-5-6-7-8-9-10-11-12-13-15-20-29(40)27(25-39)36-32(42)23-16-14-19-24-35-31(41)22-18-17-21-30-33-28(26-44-30)37-34(43)38-33/h15,20,27-30,33,39-40H,2-14,16-19,21-26H2,1H3,(H,35,41)(H,36,42)(H2,37,38,43)/t27-,28-,29+,30-,33-/m0/s1. The molecule has 0 aliphatic carbocycles. The van der Waals surface area contributed by atoms with Gasteiger partial charge in [-0.25, -0.2) is 4.79 Å². The van der Waals surface area contributed by atoms with Gasteiger partial charge >= 0.3 is 6.03 Å². The first kappa shape index (κ1) is 38.4. The summed E-state index contributed by atoms with van der Waals surface area (Å²) in [7, 11) is 0. The molecule has 9 nitrogen and oxygen atoms in total. The van der Waals surface area contributed by atoms with E-state index in [-0.39, 0.29) is 36.5 Å². The van der Waals surface area contributed by atoms with Crippen molar-refractivity contribution in [3.8, 4) is 0 Å². The number of nitrogens with one attached hydrogen (secondary N) is 4. The van der Waals surface area contributed by atoms with Crippen LogP contribution >= 0.6 is 11.8 Å². The molecule has 0 saturated carbocycles. The largest absolute Gasteiger partial charge is 0.394 e. The number of allylic oxidation sites excluding steroid dienone is 1. The fourth-order valence-electron chi connectivity index (χ4n) is 5.99. The lowest BCUT2D eigenvalue weighted by atomic mass is 10.0. The fourth-order valence-corrected chi connectivity index (χ4v) is 7.54. The van der Waals surface area contributed by atoms with Gasteiger partial charge in [-0.05, 0) is 38.5 Å². The highest BCUT2D eigenvalue weighted by Gasteiger charge is 2.42. The van der Waals surface area contributed by atoms with E-state index in [0.717, 1.165) is 50.7 Å². The molecule has 2 aliphatic rings. The van der Waals surface area contributed by atoms with Crippen molar-refractivity contribution in [3.63, 3.8) is 0 Å². The first-order valence-corrected chi connectivity index (χ1v) is 18.7. The van der Waals surface area contributed by atoms with Crippen LogP contribution in [0.2, 0.25) is 0 Å². The number of rotatable bonds is 27. The molecule has 6 N–H and O–H groups in total. The van der Waals surface area contributed by atoms with E-state index >= 15 is 0 Å². The van der Waals surface area contributed by atoms with Crippen molar-refractivity contribution >= 4 is 29.6 Å². The first-order chi connectivity index (χ1) is 21.4. The zero-order chi connectivity index (χ0) is 31.8. The van der Waals surface area contributed by atoms with Crippen molar-refractivity contribution in [3.05, 3.63) is 12.2 Å². The molecule has 10 heteroatoms. The maximum atomic E-state index is 12.3. The predicted octanol–water partition coefficient (Wildman–Crippen LogP) is 5.48. The highest BCUT2D eigenvalue weighted by molar-refractivity contribution is 8.00. The first-order valence-electron chi connectivity index (χ1n) is 17.6. The molecule has 0 bridgehead atoms. The quantitative estimate of drug-likeness (QED) is 0.0400. The summed E-state index contributed by atoms with van der Waals surface area (Å²) in [5.41, 5.74) is 0. The molecule has 0 aromatic rings. The van der Waals surface area contributed by atoms with Crippen LogP contribution in [0.1, 0.15) is 135 Å². The van der Waals surface area contributed by atoms with E-state index in [1.54, 1.807) is 6.08 Å². The Morgan fingerprint density at radius 2 is 1.52 bits per heavy atom. The van der Waals surface area contributed by atoms with Gasteiger partial charge in [-0.2, -0.15) is 11.8 Å². The maximum Gasteiger partial charge on any atom is 0.315 e. The minimum atomic E-state index is -0.902. The van der Waals surface area contributed by atoms with Crippen molar-refractivity contribution in [1.82, 2.24) is 21.3 Å². The van der Waals surface area contributed by atoms with E-state index in [1.165, 1.54) is 64.2 Å². The average Bonchev–Trinajstić information content (AvgIpc) is 3.57. The molecule has 0 unspecified atom stereocenters. The Bertz CT molecular complexity index is 829. The van der Waals surface area contributed by atoms with E-state index in [1.807, 2.05) is 17.8 Å². The van der Waals surface area contributed by atoms with Crippen LogP contribution in [0.15, 0.2) is 12.2 Å².